The average molecular weight is 398 g/mol. The third kappa shape index (κ3) is 5.47. The number of thiophene rings is 1. The minimum absolute atomic E-state index is 0.166. The Morgan fingerprint density at radius 2 is 1.86 bits per heavy atom. The van der Waals surface area contributed by atoms with Crippen molar-refractivity contribution in [3.8, 4) is 5.75 Å². The van der Waals surface area contributed by atoms with Crippen molar-refractivity contribution in [1.29, 1.82) is 0 Å². The van der Waals surface area contributed by atoms with Crippen LogP contribution in [0, 0.1) is 0 Å². The molecule has 0 amide bonds. The normalized spacial score (nSPS) is 13.0. The highest BCUT2D eigenvalue weighted by atomic mass is 32.1. The molecular weight excluding hydrogens is 370 g/mol. The van der Waals surface area contributed by atoms with Crippen molar-refractivity contribution in [1.82, 2.24) is 10.6 Å². The van der Waals surface area contributed by atoms with Crippen LogP contribution in [0.4, 0.5) is 0 Å². The molecule has 6 heteroatoms. The van der Waals surface area contributed by atoms with E-state index >= 15 is 0 Å². The van der Waals surface area contributed by atoms with Gasteiger partial charge in [-0.2, -0.15) is 0 Å². The molecule has 148 valence electrons. The van der Waals surface area contributed by atoms with E-state index in [-0.39, 0.29) is 6.10 Å². The minimum Gasteiger partial charge on any atom is -0.491 e. The van der Waals surface area contributed by atoms with E-state index in [4.69, 9.17) is 4.74 Å². The highest BCUT2D eigenvalue weighted by Crippen LogP contribution is 2.29. The van der Waals surface area contributed by atoms with Crippen molar-refractivity contribution in [2.75, 3.05) is 13.6 Å². The highest BCUT2D eigenvalue weighted by Gasteiger charge is 2.12. The summed E-state index contributed by atoms with van der Waals surface area (Å²) in [5, 5.41) is 18.1. The Labute approximate surface area is 170 Å². The van der Waals surface area contributed by atoms with Gasteiger partial charge in [-0.1, -0.05) is 30.3 Å². The number of nitrogens with one attached hydrogen (secondary N) is 2. The lowest BCUT2D eigenvalue weighted by Crippen LogP contribution is -2.38. The van der Waals surface area contributed by atoms with Gasteiger partial charge in [-0.05, 0) is 49.1 Å². The van der Waals surface area contributed by atoms with E-state index in [0.29, 0.717) is 19.0 Å². The number of guanidine groups is 1. The second-order valence-corrected chi connectivity index (χ2v) is 7.93. The van der Waals surface area contributed by atoms with Gasteiger partial charge in [0.2, 0.25) is 0 Å². The number of ether oxygens (including phenoxy) is 1. The Kier molecular flexibility index (Phi) is 6.90. The first kappa shape index (κ1) is 20.2. The number of nitrogens with zero attached hydrogens (tertiary/aromatic N) is 1. The van der Waals surface area contributed by atoms with E-state index in [2.05, 4.69) is 27.8 Å². The van der Waals surface area contributed by atoms with Gasteiger partial charge in [-0.3, -0.25) is 4.99 Å². The molecule has 0 bridgehead atoms. The fourth-order valence-corrected chi connectivity index (χ4v) is 3.88. The lowest BCUT2D eigenvalue weighted by atomic mass is 10.2. The molecule has 0 saturated carbocycles. The van der Waals surface area contributed by atoms with Crippen molar-refractivity contribution < 1.29 is 9.84 Å². The number of hydrogen-bond acceptors (Lipinski definition) is 4. The van der Waals surface area contributed by atoms with Gasteiger partial charge in [0.05, 0.1) is 6.10 Å². The summed E-state index contributed by atoms with van der Waals surface area (Å²) in [5.74, 6) is 1.52. The number of hydrogen-bond donors (Lipinski definition) is 3. The van der Waals surface area contributed by atoms with Crippen LogP contribution in [0.5, 0.6) is 5.75 Å². The quantitative estimate of drug-likeness (QED) is 0.415. The number of fused-ring (bicyclic) bond motifs is 1. The van der Waals surface area contributed by atoms with E-state index in [0.717, 1.165) is 21.6 Å². The van der Waals surface area contributed by atoms with Crippen LogP contribution in [0.15, 0.2) is 59.6 Å². The Hall–Kier alpha value is -2.57. The maximum Gasteiger partial charge on any atom is 0.191 e. The molecule has 0 fully saturated rings. The van der Waals surface area contributed by atoms with Crippen molar-refractivity contribution >= 4 is 27.4 Å². The second kappa shape index (κ2) is 9.57. The summed E-state index contributed by atoms with van der Waals surface area (Å²) in [6.07, 6.45) is -0.414. The predicted molar refractivity (Wildman–Crippen MR) is 117 cm³/mol. The minimum atomic E-state index is -0.580. The first-order chi connectivity index (χ1) is 13.5. The Bertz CT molecular complexity index is 886. The van der Waals surface area contributed by atoms with E-state index in [1.54, 1.807) is 18.4 Å². The van der Waals surface area contributed by atoms with Gasteiger partial charge in [0.25, 0.3) is 0 Å². The van der Waals surface area contributed by atoms with Gasteiger partial charge >= 0.3 is 0 Å². The first-order valence-electron chi connectivity index (χ1n) is 9.42. The third-order valence-corrected chi connectivity index (χ3v) is 5.43. The zero-order chi connectivity index (χ0) is 19.9. The molecule has 0 aliphatic heterocycles. The van der Waals surface area contributed by atoms with Crippen LogP contribution in [-0.4, -0.2) is 30.8 Å². The molecule has 5 nitrogen and oxygen atoms in total. The van der Waals surface area contributed by atoms with Gasteiger partial charge in [0.15, 0.2) is 5.96 Å². The zero-order valence-electron chi connectivity index (χ0n) is 16.5. The van der Waals surface area contributed by atoms with Crippen molar-refractivity contribution in [3.05, 3.63) is 65.0 Å². The topological polar surface area (TPSA) is 65.9 Å². The SMILES string of the molecule is CN=C(NCc1ccc(OC(C)C)cc1)NCC(O)c1cc2ccccc2s1. The van der Waals surface area contributed by atoms with E-state index in [1.165, 1.54) is 4.70 Å². The number of aliphatic hydroxyl groups is 1. The molecule has 3 rings (SSSR count). The number of aliphatic imine (C=N–C) groups is 1. The van der Waals surface area contributed by atoms with Crippen molar-refractivity contribution in [3.63, 3.8) is 0 Å². The predicted octanol–water partition coefficient (Wildman–Crippen LogP) is 4.09. The summed E-state index contributed by atoms with van der Waals surface area (Å²) in [4.78, 5) is 5.18. The van der Waals surface area contributed by atoms with Gasteiger partial charge in [-0.15, -0.1) is 11.3 Å². The fraction of sp³-hybridized carbons (Fsp3) is 0.318. The van der Waals surface area contributed by atoms with Gasteiger partial charge in [-0.25, -0.2) is 0 Å². The molecule has 1 unspecified atom stereocenters. The van der Waals surface area contributed by atoms with Crippen LogP contribution in [0.3, 0.4) is 0 Å². The molecule has 3 aromatic rings. The van der Waals surface area contributed by atoms with Gasteiger partial charge in [0.1, 0.15) is 11.9 Å². The molecule has 0 aliphatic carbocycles. The van der Waals surface area contributed by atoms with Gasteiger partial charge < -0.3 is 20.5 Å². The van der Waals surface area contributed by atoms with Crippen molar-refractivity contribution in [2.45, 2.75) is 32.6 Å². The van der Waals surface area contributed by atoms with Crippen LogP contribution in [0.1, 0.15) is 30.4 Å². The summed E-state index contributed by atoms with van der Waals surface area (Å²) >= 11 is 1.62. The summed E-state index contributed by atoms with van der Waals surface area (Å²) < 4.78 is 6.85. The summed E-state index contributed by atoms with van der Waals surface area (Å²) in [6.45, 7) is 5.06. The largest absolute Gasteiger partial charge is 0.491 e. The standard InChI is InChI=1S/C22H27N3O2S/c1-15(2)27-18-10-8-16(9-11-18)13-24-22(23-3)25-14-19(26)21-12-17-6-4-5-7-20(17)28-21/h4-12,15,19,26H,13-14H2,1-3H3,(H2,23,24,25). The number of rotatable bonds is 7. The van der Waals surface area contributed by atoms with Crippen LogP contribution >= 0.6 is 11.3 Å². The highest BCUT2D eigenvalue weighted by molar-refractivity contribution is 7.19. The molecular formula is C22H27N3O2S. The van der Waals surface area contributed by atoms with E-state index in [9.17, 15) is 5.11 Å². The number of benzene rings is 2. The van der Waals surface area contributed by atoms with Crippen molar-refractivity contribution in [2.24, 2.45) is 4.99 Å². The van der Waals surface area contributed by atoms with E-state index in [1.807, 2.05) is 56.3 Å². The molecule has 0 aliphatic rings. The maximum atomic E-state index is 10.5. The van der Waals surface area contributed by atoms with E-state index < -0.39 is 6.10 Å². The maximum absolute atomic E-state index is 10.5. The lowest BCUT2D eigenvalue weighted by Gasteiger charge is -2.15. The Balaban J connectivity index is 1.50. The third-order valence-electron chi connectivity index (χ3n) is 4.21. The van der Waals surface area contributed by atoms with Crippen LogP contribution in [-0.2, 0) is 6.54 Å². The second-order valence-electron chi connectivity index (χ2n) is 6.82. The molecule has 0 saturated heterocycles. The average Bonchev–Trinajstić information content (AvgIpc) is 3.13. The zero-order valence-corrected chi connectivity index (χ0v) is 17.3. The smallest absolute Gasteiger partial charge is 0.191 e. The molecule has 3 N–H and O–H groups in total. The lowest BCUT2D eigenvalue weighted by molar-refractivity contribution is 0.184. The molecule has 0 radical (unpaired) electrons. The summed E-state index contributed by atoms with van der Waals surface area (Å²) in [5.41, 5.74) is 1.13. The van der Waals surface area contributed by atoms with Gasteiger partial charge in [0, 0.05) is 29.7 Å². The first-order valence-corrected chi connectivity index (χ1v) is 10.2. The molecule has 0 spiro atoms. The Morgan fingerprint density at radius 1 is 1.11 bits per heavy atom. The number of aliphatic hydroxyl groups excluding tert-OH is 1. The molecule has 2 aromatic carbocycles. The summed E-state index contributed by atoms with van der Waals surface area (Å²) in [6, 6.07) is 18.2. The fourth-order valence-electron chi connectivity index (χ4n) is 2.83. The molecule has 1 heterocycles. The molecule has 1 atom stereocenters. The summed E-state index contributed by atoms with van der Waals surface area (Å²) in [7, 11) is 1.72. The van der Waals surface area contributed by atoms with Crippen LogP contribution in [0.25, 0.3) is 10.1 Å². The molecule has 1 aromatic heterocycles. The van der Waals surface area contributed by atoms with Crippen LogP contribution in [0.2, 0.25) is 0 Å². The van der Waals surface area contributed by atoms with Crippen LogP contribution < -0.4 is 15.4 Å². The molecule has 28 heavy (non-hydrogen) atoms. The Morgan fingerprint density at radius 3 is 2.54 bits per heavy atom. The monoisotopic (exact) mass is 397 g/mol.